The average Bonchev–Trinajstić information content (AvgIpc) is 2.45. The fourth-order valence-electron chi connectivity index (χ4n) is 2.29. The second kappa shape index (κ2) is 7.41. The lowest BCUT2D eigenvalue weighted by Crippen LogP contribution is -2.36. The number of benzene rings is 1. The standard InChI is InChI=1S/C16H26N2O2/c1-4-16(5-2,11-19)10-18-9-14-7-6-13(15(17)20)8-12(14)3/h6-8,18-19H,4-5,9-11H2,1-3H3,(H2,17,20). The van der Waals surface area contributed by atoms with Gasteiger partial charge in [-0.25, -0.2) is 0 Å². The maximum atomic E-state index is 11.1. The topological polar surface area (TPSA) is 75.3 Å². The monoisotopic (exact) mass is 278 g/mol. The maximum absolute atomic E-state index is 11.1. The Labute approximate surface area is 121 Å². The lowest BCUT2D eigenvalue weighted by molar-refractivity contribution is 0.1000. The van der Waals surface area contributed by atoms with Crippen LogP contribution in [0, 0.1) is 12.3 Å². The Morgan fingerprint density at radius 3 is 2.45 bits per heavy atom. The summed E-state index contributed by atoms with van der Waals surface area (Å²) in [5, 5.41) is 12.9. The molecule has 1 amide bonds. The molecule has 0 saturated heterocycles. The highest BCUT2D eigenvalue weighted by Gasteiger charge is 2.24. The normalized spacial score (nSPS) is 11.6. The first kappa shape index (κ1) is 16.7. The van der Waals surface area contributed by atoms with Crippen molar-refractivity contribution in [2.45, 2.75) is 40.2 Å². The predicted molar refractivity (Wildman–Crippen MR) is 81.5 cm³/mol. The highest BCUT2D eigenvalue weighted by molar-refractivity contribution is 5.93. The first-order valence-electron chi connectivity index (χ1n) is 7.19. The van der Waals surface area contributed by atoms with E-state index in [0.29, 0.717) is 5.56 Å². The van der Waals surface area contributed by atoms with Crippen LogP contribution in [0.1, 0.15) is 48.2 Å². The maximum Gasteiger partial charge on any atom is 0.248 e. The van der Waals surface area contributed by atoms with E-state index in [4.69, 9.17) is 5.73 Å². The van der Waals surface area contributed by atoms with Gasteiger partial charge < -0.3 is 16.2 Å². The van der Waals surface area contributed by atoms with Crippen molar-refractivity contribution in [1.29, 1.82) is 0 Å². The van der Waals surface area contributed by atoms with Crippen molar-refractivity contribution in [3.8, 4) is 0 Å². The van der Waals surface area contributed by atoms with Crippen LogP contribution >= 0.6 is 0 Å². The highest BCUT2D eigenvalue weighted by Crippen LogP contribution is 2.24. The third kappa shape index (κ3) is 4.05. The Bertz CT molecular complexity index is 446. The third-order valence-electron chi connectivity index (χ3n) is 4.28. The van der Waals surface area contributed by atoms with Crippen molar-refractivity contribution in [3.05, 3.63) is 34.9 Å². The van der Waals surface area contributed by atoms with Gasteiger partial charge in [-0.1, -0.05) is 19.9 Å². The van der Waals surface area contributed by atoms with E-state index < -0.39 is 5.91 Å². The Morgan fingerprint density at radius 1 is 1.35 bits per heavy atom. The molecule has 4 nitrogen and oxygen atoms in total. The van der Waals surface area contributed by atoms with E-state index in [-0.39, 0.29) is 12.0 Å². The third-order valence-corrected chi connectivity index (χ3v) is 4.28. The molecule has 4 heteroatoms. The summed E-state index contributed by atoms with van der Waals surface area (Å²) in [6.07, 6.45) is 1.90. The van der Waals surface area contributed by atoms with Gasteiger partial charge in [-0.15, -0.1) is 0 Å². The summed E-state index contributed by atoms with van der Waals surface area (Å²) in [6.45, 7) is 7.90. The summed E-state index contributed by atoms with van der Waals surface area (Å²) in [6, 6.07) is 5.50. The fraction of sp³-hybridized carbons (Fsp3) is 0.562. The van der Waals surface area contributed by atoms with Crippen LogP contribution in [0.4, 0.5) is 0 Å². The lowest BCUT2D eigenvalue weighted by atomic mass is 9.83. The second-order valence-corrected chi connectivity index (χ2v) is 5.47. The van der Waals surface area contributed by atoms with Gasteiger partial charge in [0, 0.05) is 30.7 Å². The number of aliphatic hydroxyl groups is 1. The van der Waals surface area contributed by atoms with Gasteiger partial charge in [-0.3, -0.25) is 4.79 Å². The Balaban J connectivity index is 2.64. The smallest absolute Gasteiger partial charge is 0.248 e. The molecular weight excluding hydrogens is 252 g/mol. The molecule has 0 heterocycles. The summed E-state index contributed by atoms with van der Waals surface area (Å²) >= 11 is 0. The molecule has 0 atom stereocenters. The predicted octanol–water partition coefficient (Wildman–Crippen LogP) is 1.98. The minimum atomic E-state index is -0.399. The van der Waals surface area contributed by atoms with E-state index in [9.17, 15) is 9.90 Å². The van der Waals surface area contributed by atoms with Gasteiger partial charge in [0.2, 0.25) is 5.91 Å². The number of primary amides is 1. The number of amides is 1. The number of aliphatic hydroxyl groups excluding tert-OH is 1. The second-order valence-electron chi connectivity index (χ2n) is 5.47. The summed E-state index contributed by atoms with van der Waals surface area (Å²) in [5.74, 6) is -0.399. The minimum absolute atomic E-state index is 0.0406. The number of nitrogens with one attached hydrogen (secondary N) is 1. The molecule has 0 aromatic heterocycles. The van der Waals surface area contributed by atoms with Crippen LogP contribution in [0.5, 0.6) is 0 Å². The largest absolute Gasteiger partial charge is 0.396 e. The van der Waals surface area contributed by atoms with Crippen LogP contribution < -0.4 is 11.1 Å². The van der Waals surface area contributed by atoms with Crippen LogP contribution in [0.2, 0.25) is 0 Å². The van der Waals surface area contributed by atoms with Crippen LogP contribution in [0.15, 0.2) is 18.2 Å². The molecule has 112 valence electrons. The highest BCUT2D eigenvalue weighted by atomic mass is 16.3. The van der Waals surface area contributed by atoms with Crippen LogP contribution in [-0.2, 0) is 6.54 Å². The van der Waals surface area contributed by atoms with E-state index in [0.717, 1.165) is 37.1 Å². The van der Waals surface area contributed by atoms with Gasteiger partial charge in [-0.05, 0) is 43.0 Å². The number of carbonyl (C=O) groups excluding carboxylic acids is 1. The number of rotatable bonds is 8. The summed E-state index contributed by atoms with van der Waals surface area (Å²) in [5.41, 5.74) is 7.96. The summed E-state index contributed by atoms with van der Waals surface area (Å²) in [7, 11) is 0. The van der Waals surface area contributed by atoms with E-state index >= 15 is 0 Å². The van der Waals surface area contributed by atoms with E-state index in [2.05, 4.69) is 19.2 Å². The van der Waals surface area contributed by atoms with Crippen LogP contribution in [0.25, 0.3) is 0 Å². The number of aryl methyl sites for hydroxylation is 1. The minimum Gasteiger partial charge on any atom is -0.396 e. The zero-order valence-corrected chi connectivity index (χ0v) is 12.7. The molecular formula is C16H26N2O2. The van der Waals surface area contributed by atoms with Gasteiger partial charge in [0.15, 0.2) is 0 Å². The quantitative estimate of drug-likeness (QED) is 0.680. The van der Waals surface area contributed by atoms with Gasteiger partial charge in [0.05, 0.1) is 0 Å². The van der Waals surface area contributed by atoms with E-state index in [1.807, 2.05) is 19.1 Å². The molecule has 4 N–H and O–H groups in total. The molecule has 1 rings (SSSR count). The van der Waals surface area contributed by atoms with Crippen molar-refractivity contribution in [2.75, 3.05) is 13.2 Å². The lowest BCUT2D eigenvalue weighted by Gasteiger charge is -2.29. The Hall–Kier alpha value is -1.39. The molecule has 0 aliphatic carbocycles. The number of hydrogen-bond acceptors (Lipinski definition) is 3. The van der Waals surface area contributed by atoms with Crippen molar-refractivity contribution >= 4 is 5.91 Å². The molecule has 1 aromatic carbocycles. The Kier molecular flexibility index (Phi) is 6.17. The summed E-state index contributed by atoms with van der Waals surface area (Å²) in [4.78, 5) is 11.1. The first-order valence-corrected chi connectivity index (χ1v) is 7.19. The molecule has 0 spiro atoms. The van der Waals surface area contributed by atoms with E-state index in [1.165, 1.54) is 0 Å². The zero-order chi connectivity index (χ0) is 15.2. The van der Waals surface area contributed by atoms with Crippen molar-refractivity contribution in [1.82, 2.24) is 5.32 Å². The SMILES string of the molecule is CCC(CC)(CO)CNCc1ccc(C(N)=O)cc1C. The summed E-state index contributed by atoms with van der Waals surface area (Å²) < 4.78 is 0. The van der Waals surface area contributed by atoms with Crippen molar-refractivity contribution in [3.63, 3.8) is 0 Å². The molecule has 20 heavy (non-hydrogen) atoms. The zero-order valence-electron chi connectivity index (χ0n) is 12.7. The molecule has 0 bridgehead atoms. The first-order chi connectivity index (χ1) is 9.48. The van der Waals surface area contributed by atoms with Crippen LogP contribution in [0.3, 0.4) is 0 Å². The van der Waals surface area contributed by atoms with Crippen LogP contribution in [-0.4, -0.2) is 24.2 Å². The van der Waals surface area contributed by atoms with Crippen molar-refractivity contribution < 1.29 is 9.90 Å². The molecule has 1 aromatic rings. The number of carbonyl (C=O) groups is 1. The van der Waals surface area contributed by atoms with Gasteiger partial charge in [0.1, 0.15) is 0 Å². The van der Waals surface area contributed by atoms with Gasteiger partial charge in [0.25, 0.3) is 0 Å². The molecule has 0 radical (unpaired) electrons. The molecule has 0 aliphatic heterocycles. The van der Waals surface area contributed by atoms with Gasteiger partial charge in [-0.2, -0.15) is 0 Å². The Morgan fingerprint density at radius 2 is 2.00 bits per heavy atom. The van der Waals surface area contributed by atoms with Gasteiger partial charge >= 0.3 is 0 Å². The number of nitrogens with two attached hydrogens (primary N) is 1. The molecule has 0 aliphatic rings. The molecule has 0 saturated carbocycles. The van der Waals surface area contributed by atoms with Crippen molar-refractivity contribution in [2.24, 2.45) is 11.1 Å². The number of hydrogen-bond donors (Lipinski definition) is 3. The fourth-order valence-corrected chi connectivity index (χ4v) is 2.29. The van der Waals surface area contributed by atoms with E-state index in [1.54, 1.807) is 6.07 Å². The average molecular weight is 278 g/mol. The molecule has 0 fully saturated rings. The molecule has 0 unspecified atom stereocenters.